The topological polar surface area (TPSA) is 95.5 Å². The molecule has 0 aliphatic carbocycles. The maximum atomic E-state index is 12.1. The van der Waals surface area contributed by atoms with Crippen molar-refractivity contribution in [3.05, 3.63) is 60.4 Å². The fourth-order valence-electron chi connectivity index (χ4n) is 2.05. The number of hydrogen-bond donors (Lipinski definition) is 3. The summed E-state index contributed by atoms with van der Waals surface area (Å²) in [7, 11) is -3.54. The second-order valence-corrected chi connectivity index (χ2v) is 6.96. The molecule has 0 radical (unpaired) electrons. The van der Waals surface area contributed by atoms with Gasteiger partial charge in [-0.2, -0.15) is 0 Å². The fourth-order valence-corrected chi connectivity index (χ4v) is 3.05. The van der Waals surface area contributed by atoms with Crippen LogP contribution in [0.25, 0.3) is 0 Å². The number of guanidine groups is 1. The smallest absolute Gasteiger partial charge is 0.242 e. The Hall–Kier alpha value is -1.72. The summed E-state index contributed by atoms with van der Waals surface area (Å²) in [4.78, 5) is 8.46. The molecule has 1 aromatic carbocycles. The number of pyridine rings is 1. The Balaban J connectivity index is 0.00000338. The van der Waals surface area contributed by atoms with Crippen molar-refractivity contribution in [1.82, 2.24) is 20.3 Å². The van der Waals surface area contributed by atoms with Crippen LogP contribution < -0.4 is 15.4 Å². The van der Waals surface area contributed by atoms with Crippen LogP contribution >= 0.6 is 24.0 Å². The molecule has 2 rings (SSSR count). The zero-order valence-corrected chi connectivity index (χ0v) is 17.7. The molecule has 7 nitrogen and oxygen atoms in total. The van der Waals surface area contributed by atoms with E-state index in [2.05, 4.69) is 25.3 Å². The number of hydrogen-bond acceptors (Lipinski definition) is 4. The first kappa shape index (κ1) is 22.3. The SMILES string of the molecule is CCNC(=NCc1ccccc1)NCCNS(=O)(=O)c1cccnc1.I. The number of benzene rings is 1. The highest BCUT2D eigenvalue weighted by Crippen LogP contribution is 2.04. The lowest BCUT2D eigenvalue weighted by Gasteiger charge is -2.12. The second-order valence-electron chi connectivity index (χ2n) is 5.19. The molecule has 1 aromatic heterocycles. The summed E-state index contributed by atoms with van der Waals surface area (Å²) in [5.74, 6) is 0.645. The van der Waals surface area contributed by atoms with E-state index in [1.54, 1.807) is 6.07 Å². The van der Waals surface area contributed by atoms with Crippen molar-refractivity contribution >= 4 is 40.0 Å². The average molecular weight is 489 g/mol. The standard InChI is InChI=1S/C17H23N5O2S.HI/c1-2-19-17(21-13-15-7-4-3-5-8-15)20-11-12-22-25(23,24)16-9-6-10-18-14-16;/h3-10,14,22H,2,11-13H2,1H3,(H2,19,20,21);1H. The molecule has 0 unspecified atom stereocenters. The molecule has 0 aliphatic heterocycles. The molecule has 0 amide bonds. The van der Waals surface area contributed by atoms with Gasteiger partial charge in [0.25, 0.3) is 0 Å². The van der Waals surface area contributed by atoms with Gasteiger partial charge in [-0.15, -0.1) is 24.0 Å². The normalized spacial score (nSPS) is 11.5. The van der Waals surface area contributed by atoms with Gasteiger partial charge in [-0.25, -0.2) is 18.1 Å². The van der Waals surface area contributed by atoms with Crippen LogP contribution in [0.15, 0.2) is 64.7 Å². The maximum absolute atomic E-state index is 12.1. The van der Waals surface area contributed by atoms with Gasteiger partial charge in [0, 0.05) is 32.0 Å². The molecule has 0 saturated carbocycles. The van der Waals surface area contributed by atoms with E-state index in [9.17, 15) is 8.42 Å². The molecule has 0 bridgehead atoms. The highest BCUT2D eigenvalue weighted by atomic mass is 127. The van der Waals surface area contributed by atoms with Crippen LogP contribution in [0.5, 0.6) is 0 Å². The average Bonchev–Trinajstić information content (AvgIpc) is 2.64. The van der Waals surface area contributed by atoms with Gasteiger partial charge in [-0.1, -0.05) is 30.3 Å². The lowest BCUT2D eigenvalue weighted by atomic mass is 10.2. The minimum absolute atomic E-state index is 0. The van der Waals surface area contributed by atoms with Crippen molar-refractivity contribution in [3.8, 4) is 0 Å². The predicted molar refractivity (Wildman–Crippen MR) is 114 cm³/mol. The minimum atomic E-state index is -3.54. The van der Waals surface area contributed by atoms with Crippen LogP contribution in [0, 0.1) is 0 Å². The summed E-state index contributed by atoms with van der Waals surface area (Å²) < 4.78 is 26.7. The molecule has 9 heteroatoms. The number of halogens is 1. The van der Waals surface area contributed by atoms with E-state index < -0.39 is 10.0 Å². The van der Waals surface area contributed by atoms with Gasteiger partial charge in [0.05, 0.1) is 6.54 Å². The summed E-state index contributed by atoms with van der Waals surface area (Å²) in [5.41, 5.74) is 1.11. The molecule has 2 aromatic rings. The summed E-state index contributed by atoms with van der Waals surface area (Å²) in [5, 5.41) is 6.25. The third kappa shape index (κ3) is 7.67. The molecule has 0 spiro atoms. The highest BCUT2D eigenvalue weighted by molar-refractivity contribution is 14.0. The van der Waals surface area contributed by atoms with E-state index in [0.717, 1.165) is 12.1 Å². The van der Waals surface area contributed by atoms with Crippen LogP contribution in [0.1, 0.15) is 12.5 Å². The second kappa shape index (κ2) is 11.8. The summed E-state index contributed by atoms with van der Waals surface area (Å²) in [6, 6.07) is 13.0. The fraction of sp³-hybridized carbons (Fsp3) is 0.294. The van der Waals surface area contributed by atoms with Crippen molar-refractivity contribution in [2.24, 2.45) is 4.99 Å². The van der Waals surface area contributed by atoms with Gasteiger partial charge in [-0.05, 0) is 24.6 Å². The summed E-state index contributed by atoms with van der Waals surface area (Å²) in [6.07, 6.45) is 2.85. The molecule has 0 aliphatic rings. The number of aromatic nitrogens is 1. The Bertz CT molecular complexity index is 770. The van der Waals surface area contributed by atoms with Gasteiger partial charge in [-0.3, -0.25) is 4.98 Å². The minimum Gasteiger partial charge on any atom is -0.357 e. The van der Waals surface area contributed by atoms with E-state index >= 15 is 0 Å². The van der Waals surface area contributed by atoms with Crippen molar-refractivity contribution in [3.63, 3.8) is 0 Å². The Morgan fingerprint density at radius 3 is 2.50 bits per heavy atom. The van der Waals surface area contributed by atoms with E-state index in [1.807, 2.05) is 37.3 Å². The van der Waals surface area contributed by atoms with Gasteiger partial charge in [0.15, 0.2) is 5.96 Å². The van der Waals surface area contributed by atoms with Gasteiger partial charge < -0.3 is 10.6 Å². The highest BCUT2D eigenvalue weighted by Gasteiger charge is 2.12. The maximum Gasteiger partial charge on any atom is 0.242 e. The lowest BCUT2D eigenvalue weighted by Crippen LogP contribution is -2.41. The quantitative estimate of drug-likeness (QED) is 0.227. The van der Waals surface area contributed by atoms with Crippen molar-refractivity contribution in [2.75, 3.05) is 19.6 Å². The Morgan fingerprint density at radius 2 is 1.85 bits per heavy atom. The number of rotatable bonds is 8. The number of sulfonamides is 1. The molecule has 0 saturated heterocycles. The first-order chi connectivity index (χ1) is 12.1. The molecule has 0 fully saturated rings. The predicted octanol–water partition coefficient (Wildman–Crippen LogP) is 1.73. The molecular weight excluding hydrogens is 465 g/mol. The first-order valence-electron chi connectivity index (χ1n) is 8.07. The zero-order chi connectivity index (χ0) is 18.0. The third-order valence-electron chi connectivity index (χ3n) is 3.26. The Kier molecular flexibility index (Phi) is 10.1. The third-order valence-corrected chi connectivity index (χ3v) is 4.71. The van der Waals surface area contributed by atoms with E-state index in [0.29, 0.717) is 19.0 Å². The van der Waals surface area contributed by atoms with Crippen LogP contribution in [0.3, 0.4) is 0 Å². The Morgan fingerprint density at radius 1 is 1.08 bits per heavy atom. The molecule has 3 N–H and O–H groups in total. The molecular formula is C17H24IN5O2S. The lowest BCUT2D eigenvalue weighted by molar-refractivity contribution is 0.580. The Labute approximate surface area is 171 Å². The summed E-state index contributed by atoms with van der Waals surface area (Å²) in [6.45, 7) is 3.91. The molecule has 1 heterocycles. The number of nitrogens with zero attached hydrogens (tertiary/aromatic N) is 2. The van der Waals surface area contributed by atoms with E-state index in [-0.39, 0.29) is 35.4 Å². The molecule has 26 heavy (non-hydrogen) atoms. The van der Waals surface area contributed by atoms with Gasteiger partial charge >= 0.3 is 0 Å². The van der Waals surface area contributed by atoms with Crippen LogP contribution in [-0.2, 0) is 16.6 Å². The van der Waals surface area contributed by atoms with E-state index in [4.69, 9.17) is 0 Å². The van der Waals surface area contributed by atoms with Gasteiger partial charge in [0.1, 0.15) is 4.90 Å². The van der Waals surface area contributed by atoms with Gasteiger partial charge in [0.2, 0.25) is 10.0 Å². The number of nitrogens with one attached hydrogen (secondary N) is 3. The number of aliphatic imine (C=N–C) groups is 1. The van der Waals surface area contributed by atoms with Crippen molar-refractivity contribution in [1.29, 1.82) is 0 Å². The zero-order valence-electron chi connectivity index (χ0n) is 14.6. The monoisotopic (exact) mass is 489 g/mol. The summed E-state index contributed by atoms with van der Waals surface area (Å²) >= 11 is 0. The van der Waals surface area contributed by atoms with Crippen molar-refractivity contribution in [2.45, 2.75) is 18.4 Å². The van der Waals surface area contributed by atoms with E-state index in [1.165, 1.54) is 18.5 Å². The first-order valence-corrected chi connectivity index (χ1v) is 9.56. The van der Waals surface area contributed by atoms with Crippen LogP contribution in [0.4, 0.5) is 0 Å². The molecule has 0 atom stereocenters. The largest absolute Gasteiger partial charge is 0.357 e. The van der Waals surface area contributed by atoms with Crippen LogP contribution in [0.2, 0.25) is 0 Å². The van der Waals surface area contributed by atoms with Crippen LogP contribution in [-0.4, -0.2) is 39.0 Å². The van der Waals surface area contributed by atoms with Crippen molar-refractivity contribution < 1.29 is 8.42 Å². The molecule has 142 valence electrons.